The number of halogens is 2. The predicted molar refractivity (Wildman–Crippen MR) is 84.3 cm³/mol. The molecule has 0 saturated carbocycles. The first kappa shape index (κ1) is 14.7. The van der Waals surface area contributed by atoms with Gasteiger partial charge in [0, 0.05) is 33.4 Å². The highest BCUT2D eigenvalue weighted by Crippen LogP contribution is 2.26. The fraction of sp³-hybridized carbons (Fsp3) is 0.125. The second-order valence-corrected chi connectivity index (χ2v) is 5.13. The molecule has 0 aliphatic rings. The molecule has 0 amide bonds. The smallest absolute Gasteiger partial charge is 0.0977 e. The molecule has 0 fully saturated rings. The highest BCUT2D eigenvalue weighted by atomic mass is 35.5. The van der Waals surface area contributed by atoms with Crippen LogP contribution in [0.5, 0.6) is 0 Å². The van der Waals surface area contributed by atoms with E-state index in [1.54, 1.807) is 18.2 Å². The number of hydrogen-bond acceptors (Lipinski definition) is 2. The molecule has 2 nitrogen and oxygen atoms in total. The third kappa shape index (κ3) is 3.68. The third-order valence-electron chi connectivity index (χ3n) is 2.85. The normalized spacial score (nSPS) is 11.7. The van der Waals surface area contributed by atoms with Gasteiger partial charge in [0.25, 0.3) is 0 Å². The van der Waals surface area contributed by atoms with Crippen LogP contribution >= 0.6 is 23.2 Å². The first-order chi connectivity index (χ1) is 9.60. The number of aliphatic hydroxyl groups excluding tert-OH is 1. The lowest BCUT2D eigenvalue weighted by molar-refractivity contribution is 0.192. The van der Waals surface area contributed by atoms with Crippen molar-refractivity contribution in [3.05, 3.63) is 63.6 Å². The molecular weight excluding hydrogens is 293 g/mol. The topological polar surface area (TPSA) is 32.3 Å². The molecule has 0 saturated heterocycles. The zero-order chi connectivity index (χ0) is 14.5. The van der Waals surface area contributed by atoms with Gasteiger partial charge in [-0.2, -0.15) is 0 Å². The number of hydrogen-bond donors (Lipinski definition) is 2. The van der Waals surface area contributed by atoms with Gasteiger partial charge in [-0.25, -0.2) is 0 Å². The van der Waals surface area contributed by atoms with Gasteiger partial charge in [0.2, 0.25) is 0 Å². The Morgan fingerprint density at radius 1 is 1.20 bits per heavy atom. The van der Waals surface area contributed by atoms with E-state index >= 15 is 0 Å². The molecule has 20 heavy (non-hydrogen) atoms. The Morgan fingerprint density at radius 3 is 2.75 bits per heavy atom. The van der Waals surface area contributed by atoms with Crippen molar-refractivity contribution < 1.29 is 5.11 Å². The van der Waals surface area contributed by atoms with Crippen molar-refractivity contribution in [3.63, 3.8) is 0 Å². The van der Waals surface area contributed by atoms with Gasteiger partial charge in [0.15, 0.2) is 0 Å². The van der Waals surface area contributed by atoms with Crippen LogP contribution in [0.1, 0.15) is 17.2 Å². The minimum absolute atomic E-state index is 0.314. The number of anilines is 1. The number of nitrogens with one attached hydrogen (secondary N) is 1. The standard InChI is InChI=1S/C16H13Cl2NO/c1-2-11-4-3-5-13(8-11)19-10-16(20)14-9-12(17)6-7-15(14)18/h1,3-9,16,19-20H,10H2. The molecule has 1 atom stereocenters. The Hall–Kier alpha value is -1.66. The number of terminal acetylenes is 1. The van der Waals surface area contributed by atoms with Gasteiger partial charge in [-0.1, -0.05) is 35.2 Å². The molecule has 2 N–H and O–H groups in total. The van der Waals surface area contributed by atoms with E-state index in [0.717, 1.165) is 11.3 Å². The molecule has 0 bridgehead atoms. The lowest BCUT2D eigenvalue weighted by Crippen LogP contribution is -2.12. The molecule has 0 aliphatic heterocycles. The van der Waals surface area contributed by atoms with E-state index in [-0.39, 0.29) is 0 Å². The van der Waals surface area contributed by atoms with Crippen molar-refractivity contribution in [1.29, 1.82) is 0 Å². The van der Waals surface area contributed by atoms with Crippen LogP contribution in [0.3, 0.4) is 0 Å². The second kappa shape index (κ2) is 6.67. The molecule has 0 spiro atoms. The summed E-state index contributed by atoms with van der Waals surface area (Å²) in [5.74, 6) is 2.56. The Balaban J connectivity index is 2.06. The van der Waals surface area contributed by atoms with E-state index < -0.39 is 6.10 Å². The van der Waals surface area contributed by atoms with Crippen molar-refractivity contribution in [1.82, 2.24) is 0 Å². The van der Waals surface area contributed by atoms with E-state index in [4.69, 9.17) is 29.6 Å². The lowest BCUT2D eigenvalue weighted by Gasteiger charge is -2.15. The minimum Gasteiger partial charge on any atom is -0.387 e. The van der Waals surface area contributed by atoms with Gasteiger partial charge >= 0.3 is 0 Å². The van der Waals surface area contributed by atoms with E-state index in [2.05, 4.69) is 11.2 Å². The van der Waals surface area contributed by atoms with E-state index in [0.29, 0.717) is 22.2 Å². The summed E-state index contributed by atoms with van der Waals surface area (Å²) in [6.45, 7) is 0.314. The summed E-state index contributed by atoms with van der Waals surface area (Å²) in [5.41, 5.74) is 2.22. The Bertz CT molecular complexity index is 649. The first-order valence-electron chi connectivity index (χ1n) is 6.03. The third-order valence-corrected chi connectivity index (χ3v) is 3.43. The monoisotopic (exact) mass is 305 g/mol. The van der Waals surface area contributed by atoms with Crippen LogP contribution in [-0.2, 0) is 0 Å². The van der Waals surface area contributed by atoms with Crippen LogP contribution in [0.25, 0.3) is 0 Å². The van der Waals surface area contributed by atoms with Crippen LogP contribution in [0.2, 0.25) is 10.0 Å². The fourth-order valence-corrected chi connectivity index (χ4v) is 2.24. The highest BCUT2D eigenvalue weighted by Gasteiger charge is 2.12. The summed E-state index contributed by atoms with van der Waals surface area (Å²) in [6, 6.07) is 12.4. The van der Waals surface area contributed by atoms with Crippen molar-refractivity contribution >= 4 is 28.9 Å². The van der Waals surface area contributed by atoms with E-state index in [1.165, 1.54) is 0 Å². The van der Waals surface area contributed by atoms with Gasteiger partial charge in [-0.15, -0.1) is 6.42 Å². The number of benzene rings is 2. The SMILES string of the molecule is C#Cc1cccc(NCC(O)c2cc(Cl)ccc2Cl)c1. The Morgan fingerprint density at radius 2 is 2.00 bits per heavy atom. The molecule has 2 rings (SSSR count). The fourth-order valence-electron chi connectivity index (χ4n) is 1.81. The molecular formula is C16H13Cl2NO. The number of aliphatic hydroxyl groups is 1. The summed E-state index contributed by atoms with van der Waals surface area (Å²) in [6.07, 6.45) is 4.59. The summed E-state index contributed by atoms with van der Waals surface area (Å²) < 4.78 is 0. The van der Waals surface area contributed by atoms with Crippen molar-refractivity contribution in [2.75, 3.05) is 11.9 Å². The van der Waals surface area contributed by atoms with E-state index in [9.17, 15) is 5.11 Å². The Kier molecular flexibility index (Phi) is 4.92. The molecule has 1 unspecified atom stereocenters. The van der Waals surface area contributed by atoms with Crippen molar-refractivity contribution in [2.45, 2.75) is 6.10 Å². The van der Waals surface area contributed by atoms with Crippen molar-refractivity contribution in [3.8, 4) is 12.3 Å². The van der Waals surface area contributed by atoms with Crippen LogP contribution in [-0.4, -0.2) is 11.7 Å². The summed E-state index contributed by atoms with van der Waals surface area (Å²) in [4.78, 5) is 0. The summed E-state index contributed by atoms with van der Waals surface area (Å²) in [5, 5.41) is 14.3. The lowest BCUT2D eigenvalue weighted by atomic mass is 10.1. The van der Waals surface area contributed by atoms with Crippen LogP contribution in [0.4, 0.5) is 5.69 Å². The first-order valence-corrected chi connectivity index (χ1v) is 6.79. The molecule has 0 heterocycles. The molecule has 102 valence electrons. The van der Waals surface area contributed by atoms with Gasteiger partial charge in [0.1, 0.15) is 0 Å². The zero-order valence-corrected chi connectivity index (χ0v) is 12.1. The molecule has 2 aromatic carbocycles. The Labute approximate surface area is 128 Å². The molecule has 0 aromatic heterocycles. The average Bonchev–Trinajstić information content (AvgIpc) is 2.47. The highest BCUT2D eigenvalue weighted by molar-refractivity contribution is 6.33. The molecule has 0 aliphatic carbocycles. The quantitative estimate of drug-likeness (QED) is 0.833. The van der Waals surface area contributed by atoms with Crippen LogP contribution in [0, 0.1) is 12.3 Å². The van der Waals surface area contributed by atoms with Gasteiger partial charge in [0.05, 0.1) is 6.10 Å². The minimum atomic E-state index is -0.754. The molecule has 4 heteroatoms. The zero-order valence-electron chi connectivity index (χ0n) is 10.6. The summed E-state index contributed by atoms with van der Waals surface area (Å²) in [7, 11) is 0. The van der Waals surface area contributed by atoms with Gasteiger partial charge < -0.3 is 10.4 Å². The summed E-state index contributed by atoms with van der Waals surface area (Å²) >= 11 is 12.0. The molecule has 2 aromatic rings. The van der Waals surface area contributed by atoms with Gasteiger partial charge in [-0.05, 0) is 36.4 Å². The maximum atomic E-state index is 10.2. The average molecular weight is 306 g/mol. The van der Waals surface area contributed by atoms with Gasteiger partial charge in [-0.3, -0.25) is 0 Å². The number of rotatable bonds is 4. The van der Waals surface area contributed by atoms with Crippen LogP contribution < -0.4 is 5.32 Å². The second-order valence-electron chi connectivity index (χ2n) is 4.29. The van der Waals surface area contributed by atoms with E-state index in [1.807, 2.05) is 24.3 Å². The largest absolute Gasteiger partial charge is 0.387 e. The maximum absolute atomic E-state index is 10.2. The van der Waals surface area contributed by atoms with Crippen molar-refractivity contribution in [2.24, 2.45) is 0 Å². The predicted octanol–water partition coefficient (Wildman–Crippen LogP) is 4.12. The molecule has 0 radical (unpaired) electrons. The maximum Gasteiger partial charge on any atom is 0.0977 e. The van der Waals surface area contributed by atoms with Crippen LogP contribution in [0.15, 0.2) is 42.5 Å².